The molecule has 0 aliphatic heterocycles. The van der Waals surface area contributed by atoms with Crippen LogP contribution in [0.4, 0.5) is 0 Å². The van der Waals surface area contributed by atoms with Gasteiger partial charge in [0.2, 0.25) is 0 Å². The molecule has 0 saturated heterocycles. The molecule has 28 heavy (non-hydrogen) atoms. The number of fused-ring (bicyclic) bond motifs is 2. The number of hydrogen-bond acceptors (Lipinski definition) is 2. The number of nitrogens with one attached hydrogen (secondary N) is 2. The number of halogens is 4. The summed E-state index contributed by atoms with van der Waals surface area (Å²) in [6, 6.07) is 14.9. The molecule has 2 heterocycles. The second-order valence-corrected chi connectivity index (χ2v) is 7.95. The zero-order valence-corrected chi connectivity index (χ0v) is 17.0. The summed E-state index contributed by atoms with van der Waals surface area (Å²) in [7, 11) is 0. The maximum Gasteiger partial charge on any atom is 0.138 e. The van der Waals surface area contributed by atoms with Crippen LogP contribution >= 0.6 is 46.4 Å². The predicted molar refractivity (Wildman–Crippen MR) is 117 cm³/mol. The van der Waals surface area contributed by atoms with E-state index in [0.717, 1.165) is 44.8 Å². The Labute approximate surface area is 179 Å². The summed E-state index contributed by atoms with van der Waals surface area (Å²) in [6.07, 6.45) is 0. The van der Waals surface area contributed by atoms with Crippen molar-refractivity contribution in [2.45, 2.75) is 0 Å². The van der Waals surface area contributed by atoms with Crippen LogP contribution in [0.3, 0.4) is 0 Å². The average molecular weight is 448 g/mol. The van der Waals surface area contributed by atoms with E-state index in [-0.39, 0.29) is 0 Å². The normalized spacial score (nSPS) is 11.6. The fraction of sp³-hybridized carbons (Fsp3) is 0. The molecule has 0 radical (unpaired) electrons. The summed E-state index contributed by atoms with van der Waals surface area (Å²) in [4.78, 5) is 15.8. The molecule has 4 nitrogen and oxygen atoms in total. The van der Waals surface area contributed by atoms with Crippen LogP contribution in [0.2, 0.25) is 20.1 Å². The van der Waals surface area contributed by atoms with E-state index in [9.17, 15) is 0 Å². The third-order valence-corrected chi connectivity index (χ3v) is 5.90. The molecular formula is C20H10Cl4N4. The van der Waals surface area contributed by atoms with E-state index in [1.54, 1.807) is 24.3 Å². The van der Waals surface area contributed by atoms with Crippen LogP contribution in [0, 0.1) is 0 Å². The highest BCUT2D eigenvalue weighted by Crippen LogP contribution is 2.32. The highest BCUT2D eigenvalue weighted by molar-refractivity contribution is 6.43. The van der Waals surface area contributed by atoms with E-state index < -0.39 is 0 Å². The maximum atomic E-state index is 6.10. The highest BCUT2D eigenvalue weighted by Gasteiger charge is 2.12. The number of rotatable bonds is 2. The van der Waals surface area contributed by atoms with Crippen molar-refractivity contribution in [2.75, 3.05) is 0 Å². The SMILES string of the molecule is Clc1cc2nc(-c3cccc(-c4nc5cc(Cl)c(Cl)cc5[nH]4)c3)[nH]c2cc1Cl. The lowest BCUT2D eigenvalue weighted by molar-refractivity contribution is 1.31. The van der Waals surface area contributed by atoms with Gasteiger partial charge in [-0.1, -0.05) is 64.6 Å². The van der Waals surface area contributed by atoms with Crippen LogP contribution in [-0.4, -0.2) is 19.9 Å². The molecule has 0 aliphatic rings. The van der Waals surface area contributed by atoms with Crippen LogP contribution in [0.1, 0.15) is 0 Å². The average Bonchev–Trinajstić information content (AvgIpc) is 3.26. The van der Waals surface area contributed by atoms with Crippen LogP contribution in [-0.2, 0) is 0 Å². The van der Waals surface area contributed by atoms with Gasteiger partial charge in [0.15, 0.2) is 0 Å². The van der Waals surface area contributed by atoms with E-state index in [4.69, 9.17) is 46.4 Å². The van der Waals surface area contributed by atoms with Crippen molar-refractivity contribution >= 4 is 68.5 Å². The largest absolute Gasteiger partial charge is 0.338 e. The minimum Gasteiger partial charge on any atom is -0.338 e. The Morgan fingerprint density at radius 1 is 0.571 bits per heavy atom. The van der Waals surface area contributed by atoms with Gasteiger partial charge in [0.1, 0.15) is 11.6 Å². The van der Waals surface area contributed by atoms with Crippen molar-refractivity contribution in [1.29, 1.82) is 0 Å². The summed E-state index contributed by atoms with van der Waals surface area (Å²) < 4.78 is 0. The molecule has 3 aromatic carbocycles. The van der Waals surface area contributed by atoms with Gasteiger partial charge in [-0.3, -0.25) is 0 Å². The van der Waals surface area contributed by atoms with Crippen LogP contribution < -0.4 is 0 Å². The Balaban J connectivity index is 1.60. The number of aromatic nitrogens is 4. The monoisotopic (exact) mass is 446 g/mol. The second-order valence-electron chi connectivity index (χ2n) is 6.32. The Morgan fingerprint density at radius 3 is 1.46 bits per heavy atom. The molecule has 0 saturated carbocycles. The van der Waals surface area contributed by atoms with Crippen molar-refractivity contribution in [3.63, 3.8) is 0 Å². The second kappa shape index (κ2) is 6.68. The summed E-state index contributed by atoms with van der Waals surface area (Å²) in [5, 5.41) is 1.91. The van der Waals surface area contributed by atoms with E-state index in [1.165, 1.54) is 0 Å². The Hall–Kier alpha value is -2.24. The molecule has 0 amide bonds. The zero-order chi connectivity index (χ0) is 19.4. The minimum absolute atomic E-state index is 0.473. The molecule has 138 valence electrons. The Kier molecular flexibility index (Phi) is 4.25. The first-order valence-corrected chi connectivity index (χ1v) is 9.79. The van der Waals surface area contributed by atoms with Crippen molar-refractivity contribution in [2.24, 2.45) is 0 Å². The van der Waals surface area contributed by atoms with E-state index in [1.807, 2.05) is 24.3 Å². The minimum atomic E-state index is 0.473. The van der Waals surface area contributed by atoms with Gasteiger partial charge in [0.05, 0.1) is 42.2 Å². The van der Waals surface area contributed by atoms with Gasteiger partial charge < -0.3 is 9.97 Å². The molecule has 0 aliphatic carbocycles. The number of H-pyrrole nitrogens is 2. The summed E-state index contributed by atoms with van der Waals surface area (Å²) in [6.45, 7) is 0. The van der Waals surface area contributed by atoms with Gasteiger partial charge >= 0.3 is 0 Å². The molecule has 5 aromatic rings. The molecular weight excluding hydrogens is 438 g/mol. The molecule has 0 fully saturated rings. The first-order valence-electron chi connectivity index (χ1n) is 8.28. The number of hydrogen-bond donors (Lipinski definition) is 2. The summed E-state index contributed by atoms with van der Waals surface area (Å²) in [5.74, 6) is 1.44. The molecule has 0 bridgehead atoms. The van der Waals surface area contributed by atoms with Crippen LogP contribution in [0.5, 0.6) is 0 Å². The summed E-state index contributed by atoms with van der Waals surface area (Å²) in [5.41, 5.74) is 4.98. The van der Waals surface area contributed by atoms with Crippen molar-refractivity contribution in [3.05, 3.63) is 68.6 Å². The topological polar surface area (TPSA) is 57.4 Å². The van der Waals surface area contributed by atoms with Crippen molar-refractivity contribution in [1.82, 2.24) is 19.9 Å². The lowest BCUT2D eigenvalue weighted by Crippen LogP contribution is -1.84. The smallest absolute Gasteiger partial charge is 0.138 e. The Morgan fingerprint density at radius 2 is 1.00 bits per heavy atom. The number of benzene rings is 3. The standard InChI is InChI=1S/C20H10Cl4N4/c21-11-5-15-16(6-12(11)22)26-19(25-15)9-2-1-3-10(4-9)20-27-17-7-13(23)14(24)8-18(17)28-20/h1-8H,(H,25,26)(H,27,28). The quantitative estimate of drug-likeness (QED) is 0.296. The van der Waals surface area contributed by atoms with Crippen LogP contribution in [0.15, 0.2) is 48.5 Å². The number of nitrogens with zero attached hydrogens (tertiary/aromatic N) is 2. The Bertz CT molecular complexity index is 1190. The molecule has 0 spiro atoms. The van der Waals surface area contributed by atoms with E-state index >= 15 is 0 Å². The van der Waals surface area contributed by atoms with Gasteiger partial charge in [-0.25, -0.2) is 9.97 Å². The highest BCUT2D eigenvalue weighted by atomic mass is 35.5. The molecule has 0 unspecified atom stereocenters. The summed E-state index contributed by atoms with van der Waals surface area (Å²) >= 11 is 24.4. The molecule has 2 aromatic heterocycles. The lowest BCUT2D eigenvalue weighted by Gasteiger charge is -2.00. The molecule has 8 heteroatoms. The van der Waals surface area contributed by atoms with E-state index in [2.05, 4.69) is 19.9 Å². The van der Waals surface area contributed by atoms with Crippen LogP contribution in [0.25, 0.3) is 44.8 Å². The molecule has 0 atom stereocenters. The lowest BCUT2D eigenvalue weighted by atomic mass is 10.1. The van der Waals surface area contributed by atoms with Gasteiger partial charge in [-0.2, -0.15) is 0 Å². The molecule has 5 rings (SSSR count). The van der Waals surface area contributed by atoms with Gasteiger partial charge in [0.25, 0.3) is 0 Å². The fourth-order valence-electron chi connectivity index (χ4n) is 3.10. The van der Waals surface area contributed by atoms with Gasteiger partial charge in [-0.05, 0) is 30.3 Å². The number of aromatic amines is 2. The third-order valence-electron chi connectivity index (χ3n) is 4.46. The number of imidazole rings is 2. The fourth-order valence-corrected chi connectivity index (χ4v) is 3.74. The van der Waals surface area contributed by atoms with Crippen molar-refractivity contribution < 1.29 is 0 Å². The maximum absolute atomic E-state index is 6.10. The predicted octanol–water partition coefficient (Wildman–Crippen LogP) is 7.39. The first-order chi connectivity index (χ1) is 13.5. The molecule has 2 N–H and O–H groups in total. The van der Waals surface area contributed by atoms with Gasteiger partial charge in [0, 0.05) is 11.1 Å². The van der Waals surface area contributed by atoms with Crippen molar-refractivity contribution in [3.8, 4) is 22.8 Å². The first kappa shape index (κ1) is 17.8. The van der Waals surface area contributed by atoms with Gasteiger partial charge in [-0.15, -0.1) is 0 Å². The van der Waals surface area contributed by atoms with E-state index in [0.29, 0.717) is 20.1 Å². The third kappa shape index (κ3) is 3.03. The zero-order valence-electron chi connectivity index (χ0n) is 14.0.